The molecule has 1 saturated heterocycles. The number of piperidine rings is 1. The van der Waals surface area contributed by atoms with Gasteiger partial charge in [-0.05, 0) is 19.8 Å². The summed E-state index contributed by atoms with van der Waals surface area (Å²) in [4.78, 5) is 13.2. The number of carbonyl (C=O) groups is 1. The van der Waals surface area contributed by atoms with E-state index in [1.807, 2.05) is 6.92 Å². The van der Waals surface area contributed by atoms with Gasteiger partial charge in [-0.1, -0.05) is 0 Å². The van der Waals surface area contributed by atoms with Crippen molar-refractivity contribution in [2.24, 2.45) is 0 Å². The molecule has 1 rings (SSSR count). The Bertz CT molecular complexity index is 175. The third kappa shape index (κ3) is 3.53. The van der Waals surface area contributed by atoms with Gasteiger partial charge in [-0.25, -0.2) is 0 Å². The summed E-state index contributed by atoms with van der Waals surface area (Å²) in [6.07, 6.45) is 2.02. The molecule has 0 aromatic carbocycles. The summed E-state index contributed by atoms with van der Waals surface area (Å²) in [5, 5.41) is 0.124. The summed E-state index contributed by atoms with van der Waals surface area (Å²) < 4.78 is 5.05. The Labute approximate surface area is 84.0 Å². The average Bonchev–Trinajstić information content (AvgIpc) is 2.14. The molecule has 3 nitrogen and oxygen atoms in total. The van der Waals surface area contributed by atoms with Gasteiger partial charge in [-0.3, -0.25) is 4.79 Å². The number of halogens is 1. The fraction of sp³-hybridized carbons (Fsp3) is 0.889. The van der Waals surface area contributed by atoms with Gasteiger partial charge < -0.3 is 9.64 Å². The van der Waals surface area contributed by atoms with Crippen LogP contribution in [-0.2, 0) is 9.53 Å². The van der Waals surface area contributed by atoms with Gasteiger partial charge in [0.05, 0.1) is 5.38 Å². The number of likely N-dealkylation sites (tertiary alicyclic amines) is 1. The van der Waals surface area contributed by atoms with Gasteiger partial charge in [0.25, 0.3) is 0 Å². The van der Waals surface area contributed by atoms with Crippen molar-refractivity contribution in [2.75, 3.05) is 26.3 Å². The number of rotatable bonds is 3. The number of hydrogen-bond acceptors (Lipinski definition) is 2. The summed E-state index contributed by atoms with van der Waals surface area (Å²) in [7, 11) is 0. The first-order chi connectivity index (χ1) is 6.24. The second-order valence-corrected chi connectivity index (χ2v) is 3.83. The van der Waals surface area contributed by atoms with E-state index in [-0.39, 0.29) is 17.9 Å². The molecule has 0 aliphatic carbocycles. The zero-order valence-corrected chi connectivity index (χ0v) is 8.72. The number of hydrogen-bond donors (Lipinski definition) is 0. The molecule has 1 aliphatic rings. The molecule has 0 aromatic rings. The maximum absolute atomic E-state index is 11.4. The third-order valence-electron chi connectivity index (χ3n) is 2.15. The van der Waals surface area contributed by atoms with Gasteiger partial charge in [0, 0.05) is 19.7 Å². The van der Waals surface area contributed by atoms with E-state index >= 15 is 0 Å². The zero-order chi connectivity index (χ0) is 9.68. The molecule has 1 aliphatic heterocycles. The molecule has 13 heavy (non-hydrogen) atoms. The Morgan fingerprint density at radius 2 is 2.46 bits per heavy atom. The zero-order valence-electron chi connectivity index (χ0n) is 7.96. The third-order valence-corrected chi connectivity index (χ3v) is 2.50. The van der Waals surface area contributed by atoms with Gasteiger partial charge in [-0.2, -0.15) is 0 Å². The van der Waals surface area contributed by atoms with E-state index in [1.54, 1.807) is 4.90 Å². The van der Waals surface area contributed by atoms with Gasteiger partial charge >= 0.3 is 0 Å². The van der Waals surface area contributed by atoms with Gasteiger partial charge in [0.1, 0.15) is 6.61 Å². The smallest absolute Gasteiger partial charge is 0.248 e. The quantitative estimate of drug-likeness (QED) is 0.650. The molecule has 4 heteroatoms. The Kier molecular flexibility index (Phi) is 4.53. The van der Waals surface area contributed by atoms with Crippen molar-refractivity contribution in [2.45, 2.75) is 25.1 Å². The molecule has 0 radical (unpaired) electrons. The average molecular weight is 206 g/mol. The van der Waals surface area contributed by atoms with Crippen molar-refractivity contribution in [3.8, 4) is 0 Å². The molecule has 1 atom stereocenters. The first-order valence-electron chi connectivity index (χ1n) is 4.73. The molecule has 0 saturated carbocycles. The molecule has 76 valence electrons. The van der Waals surface area contributed by atoms with E-state index in [1.165, 1.54) is 0 Å². The Morgan fingerprint density at radius 3 is 3.08 bits per heavy atom. The van der Waals surface area contributed by atoms with Crippen molar-refractivity contribution < 1.29 is 9.53 Å². The number of amides is 1. The second-order valence-electron chi connectivity index (χ2n) is 3.22. The van der Waals surface area contributed by atoms with Crippen molar-refractivity contribution >= 4 is 17.5 Å². The fourth-order valence-corrected chi connectivity index (χ4v) is 1.75. The van der Waals surface area contributed by atoms with Crippen LogP contribution in [-0.4, -0.2) is 42.5 Å². The van der Waals surface area contributed by atoms with Crippen LogP contribution in [0.25, 0.3) is 0 Å². The van der Waals surface area contributed by atoms with Gasteiger partial charge in [-0.15, -0.1) is 11.6 Å². The minimum atomic E-state index is 0.0622. The highest BCUT2D eigenvalue weighted by Crippen LogP contribution is 2.14. The molecule has 0 N–H and O–H groups in total. The highest BCUT2D eigenvalue weighted by atomic mass is 35.5. The topological polar surface area (TPSA) is 29.5 Å². The maximum atomic E-state index is 11.4. The maximum Gasteiger partial charge on any atom is 0.248 e. The van der Waals surface area contributed by atoms with Crippen molar-refractivity contribution in [1.82, 2.24) is 4.90 Å². The van der Waals surface area contributed by atoms with Crippen LogP contribution in [0.2, 0.25) is 0 Å². The first-order valence-corrected chi connectivity index (χ1v) is 5.17. The largest absolute Gasteiger partial charge is 0.372 e. The SMILES string of the molecule is CCOCC(=O)N1CCCC(Cl)C1. The molecule has 1 fully saturated rings. The lowest BCUT2D eigenvalue weighted by atomic mass is 10.1. The van der Waals surface area contributed by atoms with Crippen LogP contribution in [0.1, 0.15) is 19.8 Å². The Hall–Kier alpha value is -0.280. The number of nitrogens with zero attached hydrogens (tertiary/aromatic N) is 1. The van der Waals surface area contributed by atoms with E-state index in [2.05, 4.69) is 0 Å². The minimum Gasteiger partial charge on any atom is -0.372 e. The Balaban J connectivity index is 2.28. The molecule has 1 amide bonds. The highest BCUT2D eigenvalue weighted by Gasteiger charge is 2.21. The van der Waals surface area contributed by atoms with E-state index in [4.69, 9.17) is 16.3 Å². The Morgan fingerprint density at radius 1 is 1.69 bits per heavy atom. The summed E-state index contributed by atoms with van der Waals surface area (Å²) in [5.74, 6) is 0.0622. The molecular weight excluding hydrogens is 190 g/mol. The monoisotopic (exact) mass is 205 g/mol. The number of ether oxygens (including phenoxy) is 1. The number of carbonyl (C=O) groups excluding carboxylic acids is 1. The normalized spacial score (nSPS) is 23.2. The molecule has 1 unspecified atom stereocenters. The van der Waals surface area contributed by atoms with Crippen molar-refractivity contribution in [3.63, 3.8) is 0 Å². The summed E-state index contributed by atoms with van der Waals surface area (Å²) in [6, 6.07) is 0. The van der Waals surface area contributed by atoms with E-state index in [9.17, 15) is 4.79 Å². The standard InChI is InChI=1S/C9H16ClNO2/c1-2-13-7-9(12)11-5-3-4-8(10)6-11/h8H,2-7H2,1H3. The van der Waals surface area contributed by atoms with Gasteiger partial charge in [0.2, 0.25) is 5.91 Å². The van der Waals surface area contributed by atoms with E-state index in [0.29, 0.717) is 13.2 Å². The summed E-state index contributed by atoms with van der Waals surface area (Å²) in [6.45, 7) is 4.17. The van der Waals surface area contributed by atoms with Crippen LogP contribution in [0, 0.1) is 0 Å². The predicted octanol–water partition coefficient (Wildman–Crippen LogP) is 1.25. The van der Waals surface area contributed by atoms with Crippen LogP contribution in [0.3, 0.4) is 0 Å². The predicted molar refractivity (Wildman–Crippen MR) is 51.9 cm³/mol. The van der Waals surface area contributed by atoms with Crippen LogP contribution < -0.4 is 0 Å². The fourth-order valence-electron chi connectivity index (χ4n) is 1.43. The lowest BCUT2D eigenvalue weighted by Gasteiger charge is -2.29. The molecule has 0 aromatic heterocycles. The highest BCUT2D eigenvalue weighted by molar-refractivity contribution is 6.20. The molecule has 0 bridgehead atoms. The lowest BCUT2D eigenvalue weighted by molar-refractivity contribution is -0.136. The van der Waals surface area contributed by atoms with E-state index in [0.717, 1.165) is 19.4 Å². The van der Waals surface area contributed by atoms with Crippen molar-refractivity contribution in [3.05, 3.63) is 0 Å². The van der Waals surface area contributed by atoms with Crippen molar-refractivity contribution in [1.29, 1.82) is 0 Å². The first kappa shape index (κ1) is 10.8. The molecule has 0 spiro atoms. The molecule has 1 heterocycles. The second kappa shape index (κ2) is 5.45. The van der Waals surface area contributed by atoms with Crippen LogP contribution in [0.5, 0.6) is 0 Å². The van der Waals surface area contributed by atoms with Crippen LogP contribution in [0.4, 0.5) is 0 Å². The van der Waals surface area contributed by atoms with Crippen LogP contribution in [0.15, 0.2) is 0 Å². The summed E-state index contributed by atoms with van der Waals surface area (Å²) >= 11 is 5.95. The van der Waals surface area contributed by atoms with Gasteiger partial charge in [0.15, 0.2) is 0 Å². The number of alkyl halides is 1. The van der Waals surface area contributed by atoms with E-state index < -0.39 is 0 Å². The lowest BCUT2D eigenvalue weighted by Crippen LogP contribution is -2.42. The molecular formula is C9H16ClNO2. The summed E-state index contributed by atoms with van der Waals surface area (Å²) in [5.41, 5.74) is 0. The van der Waals surface area contributed by atoms with Crippen LogP contribution >= 0.6 is 11.6 Å². The minimum absolute atomic E-state index is 0.0622.